The van der Waals surface area contributed by atoms with Crippen LogP contribution in [0.15, 0.2) is 48.5 Å². The number of benzene rings is 2. The molecule has 1 aliphatic heterocycles. The van der Waals surface area contributed by atoms with Crippen molar-refractivity contribution in [3.63, 3.8) is 0 Å². The molecule has 0 bridgehead atoms. The number of ether oxygens (including phenoxy) is 1. The number of hydrogen-bond donors (Lipinski definition) is 2. The summed E-state index contributed by atoms with van der Waals surface area (Å²) < 4.78 is 5.42. The quantitative estimate of drug-likeness (QED) is 0.579. The van der Waals surface area contributed by atoms with E-state index in [4.69, 9.17) is 11.2 Å². The Morgan fingerprint density at radius 3 is 2.57 bits per heavy atom. The summed E-state index contributed by atoms with van der Waals surface area (Å²) in [6, 6.07) is 15.0. The average molecular weight is 417 g/mol. The molecule has 5 nitrogen and oxygen atoms in total. The normalized spacial score (nSPS) is 15.1. The summed E-state index contributed by atoms with van der Waals surface area (Å²) in [6.45, 7) is 2.15. The molecule has 1 aliphatic rings. The highest BCUT2D eigenvalue weighted by Gasteiger charge is 2.34. The van der Waals surface area contributed by atoms with E-state index in [1.165, 1.54) is 11.3 Å². The molecule has 0 fully saturated rings. The summed E-state index contributed by atoms with van der Waals surface area (Å²) in [7, 11) is 0. The molecule has 30 heavy (non-hydrogen) atoms. The smallest absolute Gasteiger partial charge is 0.346 e. The van der Waals surface area contributed by atoms with Gasteiger partial charge in [-0.3, -0.25) is 4.79 Å². The van der Waals surface area contributed by atoms with E-state index in [2.05, 4.69) is 11.2 Å². The van der Waals surface area contributed by atoms with Gasteiger partial charge >= 0.3 is 5.97 Å². The van der Waals surface area contributed by atoms with Crippen LogP contribution < -0.4 is 10.1 Å². The molecule has 1 amide bonds. The minimum absolute atomic E-state index is 0.136. The van der Waals surface area contributed by atoms with Crippen molar-refractivity contribution in [3.05, 3.63) is 69.4 Å². The van der Waals surface area contributed by atoms with Crippen LogP contribution in [-0.2, 0) is 4.79 Å². The first-order chi connectivity index (χ1) is 14.5. The van der Waals surface area contributed by atoms with Gasteiger partial charge in [-0.15, -0.1) is 17.8 Å². The number of aromatic carboxylic acids is 1. The van der Waals surface area contributed by atoms with Gasteiger partial charge in [0.25, 0.3) is 0 Å². The number of aryl methyl sites for hydroxylation is 1. The second-order valence-corrected chi connectivity index (χ2v) is 8.14. The lowest BCUT2D eigenvalue weighted by molar-refractivity contribution is -0.116. The molecular formula is C24H19NO4S. The maximum absolute atomic E-state index is 12.5. The van der Waals surface area contributed by atoms with Crippen LogP contribution in [-0.4, -0.2) is 23.6 Å². The van der Waals surface area contributed by atoms with E-state index >= 15 is 0 Å². The number of terminal acetylenes is 1. The molecule has 0 unspecified atom stereocenters. The zero-order valence-electron chi connectivity index (χ0n) is 16.3. The molecule has 2 aromatic carbocycles. The minimum Gasteiger partial charge on any atom is -0.481 e. The SMILES string of the molecule is C#CCOc1ccc([C@H]2CC(=O)Nc3c2sc(C(=O)O)c3-c2ccc(C)cc2)cc1. The highest BCUT2D eigenvalue weighted by Crippen LogP contribution is 2.49. The van der Waals surface area contributed by atoms with Gasteiger partial charge in [0.05, 0.1) is 5.69 Å². The Kier molecular flexibility index (Phi) is 5.30. The molecule has 2 heterocycles. The van der Waals surface area contributed by atoms with Crippen LogP contribution in [0.4, 0.5) is 5.69 Å². The van der Waals surface area contributed by atoms with Gasteiger partial charge in [-0.1, -0.05) is 47.9 Å². The van der Waals surface area contributed by atoms with Crippen molar-refractivity contribution in [1.82, 2.24) is 0 Å². The first-order valence-corrected chi connectivity index (χ1v) is 10.2. The number of hydrogen-bond acceptors (Lipinski definition) is 4. The summed E-state index contributed by atoms with van der Waals surface area (Å²) >= 11 is 1.22. The predicted molar refractivity (Wildman–Crippen MR) is 117 cm³/mol. The zero-order chi connectivity index (χ0) is 21.3. The molecule has 150 valence electrons. The Hall–Kier alpha value is -3.56. The first kappa shape index (κ1) is 19.7. The van der Waals surface area contributed by atoms with Gasteiger partial charge in [0.15, 0.2) is 0 Å². The highest BCUT2D eigenvalue weighted by molar-refractivity contribution is 7.15. The van der Waals surface area contributed by atoms with Crippen molar-refractivity contribution in [3.8, 4) is 29.2 Å². The van der Waals surface area contributed by atoms with E-state index in [0.29, 0.717) is 17.0 Å². The number of nitrogens with one attached hydrogen (secondary N) is 1. The zero-order valence-corrected chi connectivity index (χ0v) is 17.1. The molecule has 6 heteroatoms. The lowest BCUT2D eigenvalue weighted by Gasteiger charge is -2.24. The summed E-state index contributed by atoms with van der Waals surface area (Å²) in [6.07, 6.45) is 5.48. The lowest BCUT2D eigenvalue weighted by Crippen LogP contribution is -2.22. The fraction of sp³-hybridized carbons (Fsp3) is 0.167. The minimum atomic E-state index is -1.00. The Labute approximate surface area is 178 Å². The van der Waals surface area contributed by atoms with Gasteiger partial charge in [0.2, 0.25) is 5.91 Å². The molecule has 0 spiro atoms. The topological polar surface area (TPSA) is 75.6 Å². The van der Waals surface area contributed by atoms with E-state index in [1.54, 1.807) is 0 Å². The van der Waals surface area contributed by atoms with Crippen LogP contribution in [0, 0.1) is 19.3 Å². The van der Waals surface area contributed by atoms with Crippen molar-refractivity contribution in [2.75, 3.05) is 11.9 Å². The van der Waals surface area contributed by atoms with Gasteiger partial charge in [-0.05, 0) is 30.2 Å². The van der Waals surface area contributed by atoms with Crippen molar-refractivity contribution in [2.45, 2.75) is 19.3 Å². The average Bonchev–Trinajstić information content (AvgIpc) is 3.12. The molecule has 0 aliphatic carbocycles. The molecule has 2 N–H and O–H groups in total. The van der Waals surface area contributed by atoms with E-state index < -0.39 is 5.97 Å². The number of carbonyl (C=O) groups is 2. The Balaban J connectivity index is 1.81. The summed E-state index contributed by atoms with van der Waals surface area (Å²) in [4.78, 5) is 25.6. The summed E-state index contributed by atoms with van der Waals surface area (Å²) in [5, 5.41) is 12.8. The number of rotatable bonds is 5. The van der Waals surface area contributed by atoms with E-state index in [0.717, 1.165) is 21.6 Å². The Morgan fingerprint density at radius 1 is 1.23 bits per heavy atom. The molecule has 4 rings (SSSR count). The number of carboxylic acids is 1. The molecule has 3 aromatic rings. The predicted octanol–water partition coefficient (Wildman–Crippen LogP) is 4.91. The third-order valence-corrected chi connectivity index (χ3v) is 6.34. The maximum Gasteiger partial charge on any atom is 0.346 e. The van der Waals surface area contributed by atoms with Crippen LogP contribution in [0.1, 0.15) is 38.0 Å². The Morgan fingerprint density at radius 2 is 1.93 bits per heavy atom. The largest absolute Gasteiger partial charge is 0.481 e. The number of fused-ring (bicyclic) bond motifs is 1. The van der Waals surface area contributed by atoms with Gasteiger partial charge in [-0.25, -0.2) is 4.79 Å². The molecule has 1 atom stereocenters. The van der Waals surface area contributed by atoms with Gasteiger partial charge < -0.3 is 15.2 Å². The number of anilines is 1. The number of carboxylic acid groups (broad SMARTS) is 1. The van der Waals surface area contributed by atoms with Crippen LogP contribution in [0.5, 0.6) is 5.75 Å². The van der Waals surface area contributed by atoms with Crippen LogP contribution in [0.25, 0.3) is 11.1 Å². The van der Waals surface area contributed by atoms with E-state index in [1.807, 2.05) is 55.5 Å². The highest BCUT2D eigenvalue weighted by atomic mass is 32.1. The van der Waals surface area contributed by atoms with Gasteiger partial charge in [-0.2, -0.15) is 0 Å². The van der Waals surface area contributed by atoms with Crippen molar-refractivity contribution < 1.29 is 19.4 Å². The van der Waals surface area contributed by atoms with Crippen molar-refractivity contribution in [2.24, 2.45) is 0 Å². The molecule has 0 saturated heterocycles. The van der Waals surface area contributed by atoms with Crippen molar-refractivity contribution >= 4 is 28.9 Å². The first-order valence-electron chi connectivity index (χ1n) is 9.41. The van der Waals surface area contributed by atoms with Crippen LogP contribution in [0.3, 0.4) is 0 Å². The third-order valence-electron chi connectivity index (χ3n) is 5.05. The molecule has 1 aromatic heterocycles. The van der Waals surface area contributed by atoms with Gasteiger partial charge in [0.1, 0.15) is 17.2 Å². The standard InChI is InChI=1S/C24H19NO4S/c1-3-12-29-17-10-8-15(9-11-17)18-13-19(26)25-21-20(16-6-4-14(2)5-7-16)23(24(27)28)30-22(18)21/h1,4-11,18H,12-13H2,2H3,(H,25,26)(H,27,28)/t18-/m1/s1. The third kappa shape index (κ3) is 3.68. The van der Waals surface area contributed by atoms with Crippen LogP contribution in [0.2, 0.25) is 0 Å². The fourth-order valence-electron chi connectivity index (χ4n) is 3.62. The molecule has 0 radical (unpaired) electrons. The monoisotopic (exact) mass is 417 g/mol. The number of amides is 1. The summed E-state index contributed by atoms with van der Waals surface area (Å²) in [5.41, 5.74) is 3.93. The lowest BCUT2D eigenvalue weighted by atomic mass is 9.88. The molecule has 0 saturated carbocycles. The van der Waals surface area contributed by atoms with Crippen LogP contribution >= 0.6 is 11.3 Å². The van der Waals surface area contributed by atoms with Crippen molar-refractivity contribution in [1.29, 1.82) is 0 Å². The Bertz CT molecular complexity index is 1150. The van der Waals surface area contributed by atoms with E-state index in [-0.39, 0.29) is 29.7 Å². The summed E-state index contributed by atoms with van der Waals surface area (Å²) in [5.74, 6) is 1.71. The number of carbonyl (C=O) groups excluding carboxylic acids is 1. The maximum atomic E-state index is 12.5. The van der Waals surface area contributed by atoms with Gasteiger partial charge in [0, 0.05) is 22.8 Å². The second-order valence-electron chi connectivity index (χ2n) is 7.08. The molecular weight excluding hydrogens is 398 g/mol. The fourth-order valence-corrected chi connectivity index (χ4v) is 4.87. The number of thiophene rings is 1. The second kappa shape index (κ2) is 8.05. The van der Waals surface area contributed by atoms with E-state index in [9.17, 15) is 14.7 Å².